The number of rotatable bonds is 2. The molecule has 94 valence electrons. The number of nitrogens with zero attached hydrogens (tertiary/aromatic N) is 1. The lowest BCUT2D eigenvalue weighted by Gasteiger charge is -1.92. The molecule has 0 atom stereocenters. The molecule has 3 aromatic rings. The van der Waals surface area contributed by atoms with Gasteiger partial charge in [-0.25, -0.2) is 4.52 Å². The van der Waals surface area contributed by atoms with E-state index < -0.39 is 0 Å². The summed E-state index contributed by atoms with van der Waals surface area (Å²) in [5, 5.41) is 0.725. The zero-order valence-corrected chi connectivity index (χ0v) is 11.3. The van der Waals surface area contributed by atoms with Gasteiger partial charge in [-0.2, -0.15) is 0 Å². The lowest BCUT2D eigenvalue weighted by molar-refractivity contribution is -0.834. The van der Waals surface area contributed by atoms with Gasteiger partial charge in [-0.05, 0) is 41.1 Å². The summed E-state index contributed by atoms with van der Waals surface area (Å²) in [5.41, 5.74) is 3.20. The first-order chi connectivity index (χ1) is 9.24. The number of benzene rings is 2. The van der Waals surface area contributed by atoms with Crippen molar-refractivity contribution >= 4 is 11.6 Å². The average Bonchev–Trinajstić information content (AvgIpc) is 2.83. The van der Waals surface area contributed by atoms with Crippen LogP contribution in [0.2, 0.25) is 5.02 Å². The molecule has 0 aliphatic heterocycles. The van der Waals surface area contributed by atoms with Crippen molar-refractivity contribution in [3.05, 3.63) is 65.7 Å². The van der Waals surface area contributed by atoms with Crippen molar-refractivity contribution in [2.75, 3.05) is 0 Å². The summed E-state index contributed by atoms with van der Waals surface area (Å²) < 4.78 is 7.55. The van der Waals surface area contributed by atoms with Gasteiger partial charge in [0.1, 0.15) is 0 Å². The highest BCUT2D eigenvalue weighted by Gasteiger charge is 2.18. The van der Waals surface area contributed by atoms with Gasteiger partial charge >= 0.3 is 0 Å². The number of aromatic nitrogens is 1. The SMILES string of the molecule is C[n+]1oc(-c2ccc(Cl)cc2)cc1-c1ccccc1. The second-order valence-corrected chi connectivity index (χ2v) is 4.79. The Morgan fingerprint density at radius 2 is 1.58 bits per heavy atom. The molecule has 1 heterocycles. The van der Waals surface area contributed by atoms with Gasteiger partial charge in [0.15, 0.2) is 7.05 Å². The highest BCUT2D eigenvalue weighted by molar-refractivity contribution is 6.30. The van der Waals surface area contributed by atoms with Crippen LogP contribution in [-0.2, 0) is 7.05 Å². The van der Waals surface area contributed by atoms with Crippen molar-refractivity contribution in [3.8, 4) is 22.6 Å². The highest BCUT2D eigenvalue weighted by atomic mass is 35.5. The maximum Gasteiger partial charge on any atom is 0.262 e. The molecule has 0 aliphatic rings. The predicted octanol–water partition coefficient (Wildman–Crippen LogP) is 4.09. The Hall–Kier alpha value is -2.06. The number of halogens is 1. The molecule has 0 amide bonds. The Morgan fingerprint density at radius 1 is 0.895 bits per heavy atom. The van der Waals surface area contributed by atoms with Gasteiger partial charge in [0.25, 0.3) is 5.69 Å². The summed E-state index contributed by atoms with van der Waals surface area (Å²) in [4.78, 5) is 0. The molecule has 0 radical (unpaired) electrons. The third kappa shape index (κ3) is 2.40. The number of hydrogen-bond donors (Lipinski definition) is 0. The second kappa shape index (κ2) is 4.90. The maximum absolute atomic E-state index is 5.90. The first-order valence-electron chi connectivity index (χ1n) is 6.06. The van der Waals surface area contributed by atoms with E-state index in [1.165, 1.54) is 0 Å². The lowest BCUT2D eigenvalue weighted by atomic mass is 10.1. The van der Waals surface area contributed by atoms with E-state index in [2.05, 4.69) is 12.1 Å². The van der Waals surface area contributed by atoms with E-state index >= 15 is 0 Å². The average molecular weight is 271 g/mol. The molecule has 2 nitrogen and oxygen atoms in total. The van der Waals surface area contributed by atoms with E-state index in [9.17, 15) is 0 Å². The molecular formula is C16H13ClNO+. The van der Waals surface area contributed by atoms with E-state index in [1.54, 1.807) is 4.74 Å². The van der Waals surface area contributed by atoms with Crippen LogP contribution in [0.5, 0.6) is 0 Å². The fourth-order valence-electron chi connectivity index (χ4n) is 2.06. The van der Waals surface area contributed by atoms with Crippen molar-refractivity contribution in [2.24, 2.45) is 7.05 Å². The molecule has 0 saturated heterocycles. The molecule has 0 bridgehead atoms. The molecule has 0 N–H and O–H groups in total. The third-order valence-corrected chi connectivity index (χ3v) is 3.29. The summed E-state index contributed by atoms with van der Waals surface area (Å²) in [6.45, 7) is 0. The van der Waals surface area contributed by atoms with Gasteiger partial charge < -0.3 is 0 Å². The van der Waals surface area contributed by atoms with Crippen molar-refractivity contribution < 1.29 is 9.26 Å². The van der Waals surface area contributed by atoms with E-state index in [1.807, 2.05) is 55.6 Å². The summed E-state index contributed by atoms with van der Waals surface area (Å²) in [6.07, 6.45) is 0. The van der Waals surface area contributed by atoms with E-state index in [0.29, 0.717) is 0 Å². The van der Waals surface area contributed by atoms with E-state index in [4.69, 9.17) is 16.1 Å². The van der Waals surface area contributed by atoms with E-state index in [-0.39, 0.29) is 0 Å². The zero-order chi connectivity index (χ0) is 13.2. The Balaban J connectivity index is 2.04. The minimum Gasteiger partial charge on any atom is -0.236 e. The van der Waals surface area contributed by atoms with Gasteiger partial charge in [0, 0.05) is 10.6 Å². The Labute approximate surface area is 116 Å². The molecule has 19 heavy (non-hydrogen) atoms. The topological polar surface area (TPSA) is 17.0 Å². The van der Waals surface area contributed by atoms with Crippen molar-refractivity contribution in [3.63, 3.8) is 0 Å². The van der Waals surface area contributed by atoms with Gasteiger partial charge in [-0.15, -0.1) is 0 Å². The van der Waals surface area contributed by atoms with Gasteiger partial charge in [-0.1, -0.05) is 29.8 Å². The smallest absolute Gasteiger partial charge is 0.236 e. The standard InChI is InChI=1S/C16H13ClNO/c1-18-15(12-5-3-2-4-6-12)11-16(19-18)13-7-9-14(17)10-8-13/h2-11H,1H3/q+1. The van der Waals surface area contributed by atoms with Gasteiger partial charge in [-0.3, -0.25) is 0 Å². The Kier molecular flexibility index (Phi) is 3.10. The van der Waals surface area contributed by atoms with Crippen molar-refractivity contribution in [1.29, 1.82) is 0 Å². The molecule has 0 unspecified atom stereocenters. The van der Waals surface area contributed by atoms with Crippen LogP contribution in [0.25, 0.3) is 22.6 Å². The van der Waals surface area contributed by atoms with Crippen LogP contribution in [0.4, 0.5) is 0 Å². The molecule has 0 saturated carbocycles. The van der Waals surface area contributed by atoms with Crippen LogP contribution >= 0.6 is 11.6 Å². The Bertz CT molecular complexity index is 687. The first-order valence-corrected chi connectivity index (χ1v) is 6.43. The largest absolute Gasteiger partial charge is 0.262 e. The van der Waals surface area contributed by atoms with Crippen LogP contribution in [0.1, 0.15) is 0 Å². The third-order valence-electron chi connectivity index (χ3n) is 3.04. The molecule has 3 heteroatoms. The summed E-state index contributed by atoms with van der Waals surface area (Å²) >= 11 is 5.90. The first kappa shape index (κ1) is 12.0. The number of hydrogen-bond acceptors (Lipinski definition) is 1. The summed E-state index contributed by atoms with van der Waals surface area (Å²) in [5.74, 6) is 0.831. The van der Waals surface area contributed by atoms with Crippen molar-refractivity contribution in [2.45, 2.75) is 0 Å². The van der Waals surface area contributed by atoms with Gasteiger partial charge in [0.05, 0.1) is 11.6 Å². The van der Waals surface area contributed by atoms with Crippen LogP contribution in [0.15, 0.2) is 65.2 Å². The van der Waals surface area contributed by atoms with E-state index in [0.717, 1.165) is 27.6 Å². The van der Waals surface area contributed by atoms with Crippen LogP contribution in [0, 0.1) is 0 Å². The monoisotopic (exact) mass is 270 g/mol. The van der Waals surface area contributed by atoms with Gasteiger partial charge in [0.2, 0.25) is 5.76 Å². The molecule has 2 aromatic carbocycles. The molecule has 1 aromatic heterocycles. The molecule has 3 rings (SSSR count). The molecule has 0 aliphatic carbocycles. The molecule has 0 spiro atoms. The molecular weight excluding hydrogens is 258 g/mol. The minimum atomic E-state index is 0.725. The predicted molar refractivity (Wildman–Crippen MR) is 75.8 cm³/mol. The fraction of sp³-hybridized carbons (Fsp3) is 0.0625. The normalized spacial score (nSPS) is 10.6. The summed E-state index contributed by atoms with van der Waals surface area (Å²) in [6, 6.07) is 19.8. The van der Waals surface area contributed by atoms with Crippen molar-refractivity contribution in [1.82, 2.24) is 0 Å². The van der Waals surface area contributed by atoms with Crippen LogP contribution in [0.3, 0.4) is 0 Å². The quantitative estimate of drug-likeness (QED) is 0.641. The highest BCUT2D eigenvalue weighted by Crippen LogP contribution is 2.25. The Morgan fingerprint density at radius 3 is 2.26 bits per heavy atom. The second-order valence-electron chi connectivity index (χ2n) is 4.36. The van der Waals surface area contributed by atoms with Crippen LogP contribution < -0.4 is 4.74 Å². The zero-order valence-electron chi connectivity index (χ0n) is 10.5. The molecule has 0 fully saturated rings. The maximum atomic E-state index is 5.90. The summed E-state index contributed by atoms with van der Waals surface area (Å²) in [7, 11) is 1.90. The van der Waals surface area contributed by atoms with Crippen LogP contribution in [-0.4, -0.2) is 0 Å². The minimum absolute atomic E-state index is 0.725. The fourth-order valence-corrected chi connectivity index (χ4v) is 2.19. The lowest BCUT2D eigenvalue weighted by Crippen LogP contribution is -2.26. The number of aryl methyl sites for hydroxylation is 1.